The molecular formula is C13H22O9S. The lowest BCUT2D eigenvalue weighted by molar-refractivity contribution is -0.300. The molecule has 0 rings (SSSR count). The molecule has 1 unspecified atom stereocenters. The molecule has 0 spiro atoms. The standard InChI is InChI=1S/C13H22O9S/c1-3-18-7-9-20-13(14)12(11-23(15,16)17)5-6-21-22-10-8-19-4-2/h1-2,12H,3-11H2,(H,15,16,17). The van der Waals surface area contributed by atoms with Crippen LogP contribution in [0.1, 0.15) is 6.42 Å². The Morgan fingerprint density at radius 1 is 0.957 bits per heavy atom. The summed E-state index contributed by atoms with van der Waals surface area (Å²) in [6.07, 6.45) is -0.0197. The van der Waals surface area contributed by atoms with E-state index in [1.165, 1.54) is 0 Å². The summed E-state index contributed by atoms with van der Waals surface area (Å²) < 4.78 is 45.1. The Hall–Kier alpha value is -0.780. The van der Waals surface area contributed by atoms with Gasteiger partial charge in [-0.1, -0.05) is 0 Å². The summed E-state index contributed by atoms with van der Waals surface area (Å²) in [7, 11) is -4.34. The molecule has 0 amide bonds. The lowest BCUT2D eigenvalue weighted by Gasteiger charge is -2.14. The first-order valence-corrected chi connectivity index (χ1v) is 8.43. The molecular weight excluding hydrogens is 332 g/mol. The maximum absolute atomic E-state index is 11.8. The first kappa shape index (κ1) is 22.2. The maximum Gasteiger partial charge on any atom is 0.310 e. The average Bonchev–Trinajstić information content (AvgIpc) is 2.48. The number of hydrogen-bond acceptors (Lipinski definition) is 8. The number of esters is 1. The Labute approximate surface area is 136 Å². The third-order valence-corrected chi connectivity index (χ3v) is 3.22. The average molecular weight is 354 g/mol. The lowest BCUT2D eigenvalue weighted by atomic mass is 10.1. The summed E-state index contributed by atoms with van der Waals surface area (Å²) in [5.74, 6) is -2.66. The number of carbonyl (C=O) groups excluding carboxylic acids is 1. The molecule has 4 radical (unpaired) electrons. The topological polar surface area (TPSA) is 118 Å². The van der Waals surface area contributed by atoms with Crippen LogP contribution < -0.4 is 0 Å². The van der Waals surface area contributed by atoms with Crippen LogP contribution in [0.3, 0.4) is 0 Å². The van der Waals surface area contributed by atoms with E-state index >= 15 is 0 Å². The first-order chi connectivity index (χ1) is 10.9. The van der Waals surface area contributed by atoms with Gasteiger partial charge in [-0.3, -0.25) is 9.35 Å². The highest BCUT2D eigenvalue weighted by Gasteiger charge is 2.25. The highest BCUT2D eigenvalue weighted by molar-refractivity contribution is 7.85. The summed E-state index contributed by atoms with van der Waals surface area (Å²) >= 11 is 0. The summed E-state index contributed by atoms with van der Waals surface area (Å²) in [6, 6.07) is 0. The van der Waals surface area contributed by atoms with Crippen LogP contribution in [0, 0.1) is 19.8 Å². The van der Waals surface area contributed by atoms with Gasteiger partial charge in [-0.05, 0) is 20.3 Å². The van der Waals surface area contributed by atoms with Crippen molar-refractivity contribution in [3.8, 4) is 0 Å². The zero-order chi connectivity index (χ0) is 17.6. The molecule has 10 heteroatoms. The number of ether oxygens (including phenoxy) is 3. The van der Waals surface area contributed by atoms with E-state index < -0.39 is 27.8 Å². The molecule has 9 nitrogen and oxygen atoms in total. The molecule has 23 heavy (non-hydrogen) atoms. The van der Waals surface area contributed by atoms with Crippen molar-refractivity contribution >= 4 is 16.1 Å². The van der Waals surface area contributed by atoms with E-state index in [9.17, 15) is 13.2 Å². The van der Waals surface area contributed by atoms with Crippen molar-refractivity contribution < 1.29 is 41.8 Å². The second-order valence-electron chi connectivity index (χ2n) is 4.20. The molecule has 0 aromatic carbocycles. The molecule has 0 saturated carbocycles. The number of carbonyl (C=O) groups is 1. The molecule has 0 aliphatic carbocycles. The Balaban J connectivity index is 4.11. The Morgan fingerprint density at radius 3 is 2.09 bits per heavy atom. The van der Waals surface area contributed by atoms with Gasteiger partial charge in [0.1, 0.15) is 13.2 Å². The fraction of sp³-hybridized carbons (Fsp3) is 0.769. The minimum absolute atomic E-state index is 0.0197. The molecule has 0 aliphatic rings. The van der Waals surface area contributed by atoms with Crippen molar-refractivity contribution in [2.45, 2.75) is 6.42 Å². The van der Waals surface area contributed by atoms with E-state index in [4.69, 9.17) is 42.4 Å². The van der Waals surface area contributed by atoms with Gasteiger partial charge in [-0.25, -0.2) is 9.78 Å². The zero-order valence-corrected chi connectivity index (χ0v) is 13.5. The summed E-state index contributed by atoms with van der Waals surface area (Å²) in [5, 5.41) is 0. The van der Waals surface area contributed by atoms with Gasteiger partial charge >= 0.3 is 5.97 Å². The summed E-state index contributed by atoms with van der Waals surface area (Å²) in [4.78, 5) is 21.3. The van der Waals surface area contributed by atoms with Gasteiger partial charge in [0.15, 0.2) is 0 Å². The van der Waals surface area contributed by atoms with Crippen LogP contribution in [0.25, 0.3) is 0 Å². The highest BCUT2D eigenvalue weighted by Crippen LogP contribution is 2.10. The molecule has 0 fully saturated rings. The van der Waals surface area contributed by atoms with Crippen LogP contribution in [0.2, 0.25) is 0 Å². The van der Waals surface area contributed by atoms with Crippen LogP contribution in [-0.4, -0.2) is 70.9 Å². The van der Waals surface area contributed by atoms with Crippen molar-refractivity contribution in [3.63, 3.8) is 0 Å². The van der Waals surface area contributed by atoms with Crippen molar-refractivity contribution in [1.29, 1.82) is 0 Å². The van der Waals surface area contributed by atoms with Crippen LogP contribution in [-0.2, 0) is 38.9 Å². The van der Waals surface area contributed by atoms with E-state index in [1.807, 2.05) is 0 Å². The monoisotopic (exact) mass is 354 g/mol. The minimum atomic E-state index is -4.34. The largest absolute Gasteiger partial charge is 0.463 e. The third kappa shape index (κ3) is 14.5. The van der Waals surface area contributed by atoms with Gasteiger partial charge < -0.3 is 14.2 Å². The second-order valence-corrected chi connectivity index (χ2v) is 5.69. The molecule has 0 bridgehead atoms. The van der Waals surface area contributed by atoms with Gasteiger partial charge in [0.05, 0.1) is 44.7 Å². The smallest absolute Gasteiger partial charge is 0.310 e. The van der Waals surface area contributed by atoms with Crippen LogP contribution in [0.15, 0.2) is 0 Å². The summed E-state index contributed by atoms with van der Waals surface area (Å²) in [6.45, 7) is 10.5. The van der Waals surface area contributed by atoms with Gasteiger partial charge in [-0.2, -0.15) is 8.42 Å². The van der Waals surface area contributed by atoms with Crippen LogP contribution >= 0.6 is 0 Å². The molecule has 1 atom stereocenters. The lowest BCUT2D eigenvalue weighted by Crippen LogP contribution is -2.28. The molecule has 0 heterocycles. The Morgan fingerprint density at radius 2 is 1.52 bits per heavy atom. The maximum atomic E-state index is 11.8. The van der Waals surface area contributed by atoms with Gasteiger partial charge in [0.25, 0.3) is 10.1 Å². The Bertz CT molecular complexity index is 396. The molecule has 0 aliphatic heterocycles. The Kier molecular flexibility index (Phi) is 13.2. The van der Waals surface area contributed by atoms with Crippen LogP contribution in [0.4, 0.5) is 0 Å². The van der Waals surface area contributed by atoms with Crippen molar-refractivity contribution in [2.75, 3.05) is 52.0 Å². The fourth-order valence-electron chi connectivity index (χ4n) is 1.41. The highest BCUT2D eigenvalue weighted by atomic mass is 32.2. The van der Waals surface area contributed by atoms with Crippen molar-refractivity contribution in [1.82, 2.24) is 0 Å². The molecule has 1 N–H and O–H groups in total. The van der Waals surface area contributed by atoms with E-state index in [1.54, 1.807) is 0 Å². The predicted molar refractivity (Wildman–Crippen MR) is 77.6 cm³/mol. The van der Waals surface area contributed by atoms with E-state index in [-0.39, 0.29) is 52.7 Å². The van der Waals surface area contributed by atoms with Crippen molar-refractivity contribution in [2.24, 2.45) is 5.92 Å². The van der Waals surface area contributed by atoms with E-state index in [0.717, 1.165) is 0 Å². The quantitative estimate of drug-likeness (QED) is 0.140. The summed E-state index contributed by atoms with van der Waals surface area (Å²) in [5.41, 5.74) is 0. The van der Waals surface area contributed by atoms with Gasteiger partial charge in [0.2, 0.25) is 0 Å². The molecule has 134 valence electrons. The predicted octanol–water partition coefficient (Wildman–Crippen LogP) is -0.173. The van der Waals surface area contributed by atoms with Gasteiger partial charge in [-0.15, -0.1) is 0 Å². The molecule has 0 aromatic heterocycles. The number of hydrogen-bond donors (Lipinski definition) is 1. The third-order valence-electron chi connectivity index (χ3n) is 2.40. The molecule has 0 aromatic rings. The van der Waals surface area contributed by atoms with E-state index in [2.05, 4.69) is 0 Å². The van der Waals surface area contributed by atoms with E-state index in [0.29, 0.717) is 0 Å². The fourth-order valence-corrected chi connectivity index (χ4v) is 2.22. The zero-order valence-electron chi connectivity index (χ0n) is 12.7. The van der Waals surface area contributed by atoms with Crippen molar-refractivity contribution in [3.05, 3.63) is 13.8 Å². The first-order valence-electron chi connectivity index (χ1n) is 6.82. The van der Waals surface area contributed by atoms with Gasteiger partial charge in [0, 0.05) is 0 Å². The SMILES string of the molecule is [CH]COCCOOCCC(CS(=O)(=O)O)C(=O)OCCOC[CH]. The number of rotatable bonds is 15. The molecule has 0 saturated heterocycles. The normalized spacial score (nSPS) is 13.0. The van der Waals surface area contributed by atoms with Crippen LogP contribution in [0.5, 0.6) is 0 Å². The minimum Gasteiger partial charge on any atom is -0.463 e. The second kappa shape index (κ2) is 13.6.